The van der Waals surface area contributed by atoms with Gasteiger partial charge in [0, 0.05) is 18.1 Å². The monoisotopic (exact) mass is 215 g/mol. The van der Waals surface area contributed by atoms with Gasteiger partial charge in [-0.2, -0.15) is 0 Å². The van der Waals surface area contributed by atoms with Crippen LogP contribution in [0.3, 0.4) is 0 Å². The molecule has 14 heavy (non-hydrogen) atoms. The van der Waals surface area contributed by atoms with Gasteiger partial charge in [-0.05, 0) is 30.1 Å². The Hall–Kier alpha value is -0.513. The van der Waals surface area contributed by atoms with Crippen LogP contribution >= 0.6 is 0 Å². The molecule has 0 heterocycles. The van der Waals surface area contributed by atoms with Gasteiger partial charge in [0.1, 0.15) is 0 Å². The molecule has 0 aromatic rings. The predicted molar refractivity (Wildman–Crippen MR) is 61.8 cm³/mol. The number of azide groups is 1. The third-order valence-corrected chi connectivity index (χ3v) is 7.27. The van der Waals surface area contributed by atoms with Crippen LogP contribution in [0, 0.1) is 0 Å². The predicted octanol–water partition coefficient (Wildman–Crippen LogP) is 3.71. The van der Waals surface area contributed by atoms with E-state index in [9.17, 15) is 0 Å². The van der Waals surface area contributed by atoms with Crippen LogP contribution in [0.15, 0.2) is 5.11 Å². The summed E-state index contributed by atoms with van der Waals surface area (Å²) in [7, 11) is -1.60. The molecule has 0 saturated carbocycles. The Morgan fingerprint density at radius 1 is 1.36 bits per heavy atom. The summed E-state index contributed by atoms with van der Waals surface area (Å²) in [6.45, 7) is 12.3. The van der Waals surface area contributed by atoms with Crippen molar-refractivity contribution in [2.75, 3.05) is 13.2 Å². The fourth-order valence-corrected chi connectivity index (χ4v) is 1.81. The van der Waals surface area contributed by atoms with Gasteiger partial charge in [0.15, 0.2) is 8.32 Å². The van der Waals surface area contributed by atoms with Gasteiger partial charge in [0.05, 0.1) is 0 Å². The van der Waals surface area contributed by atoms with Crippen molar-refractivity contribution >= 4 is 8.32 Å². The molecule has 0 amide bonds. The molecule has 0 unspecified atom stereocenters. The zero-order valence-corrected chi connectivity index (χ0v) is 10.9. The third kappa shape index (κ3) is 4.65. The molecule has 0 N–H and O–H groups in total. The van der Waals surface area contributed by atoms with Crippen LogP contribution < -0.4 is 0 Å². The maximum absolute atomic E-state index is 8.08. The fourth-order valence-electron chi connectivity index (χ4n) is 0.724. The summed E-state index contributed by atoms with van der Waals surface area (Å²) >= 11 is 0. The first kappa shape index (κ1) is 13.5. The smallest absolute Gasteiger partial charge is 0.191 e. The van der Waals surface area contributed by atoms with Crippen molar-refractivity contribution in [3.8, 4) is 0 Å². The highest BCUT2D eigenvalue weighted by atomic mass is 28.4. The molecule has 0 radical (unpaired) electrons. The molecule has 0 aliphatic rings. The second-order valence-corrected chi connectivity index (χ2v) is 9.73. The summed E-state index contributed by atoms with van der Waals surface area (Å²) in [4.78, 5) is 2.70. The number of hydrogen-bond donors (Lipinski definition) is 0. The molecule has 0 aliphatic heterocycles. The molecule has 0 fully saturated rings. The first-order valence-corrected chi connectivity index (χ1v) is 7.87. The second-order valence-electron chi connectivity index (χ2n) is 4.92. The normalized spacial score (nSPS) is 12.4. The van der Waals surface area contributed by atoms with E-state index < -0.39 is 8.32 Å². The van der Waals surface area contributed by atoms with Crippen molar-refractivity contribution < 1.29 is 4.43 Å². The lowest BCUT2D eigenvalue weighted by Gasteiger charge is -2.36. The van der Waals surface area contributed by atoms with Gasteiger partial charge in [-0.25, -0.2) is 0 Å². The van der Waals surface area contributed by atoms with Crippen LogP contribution in [-0.4, -0.2) is 21.5 Å². The van der Waals surface area contributed by atoms with E-state index >= 15 is 0 Å². The maximum Gasteiger partial charge on any atom is 0.191 e. The Morgan fingerprint density at radius 2 is 1.93 bits per heavy atom. The van der Waals surface area contributed by atoms with Gasteiger partial charge in [0.2, 0.25) is 0 Å². The molecular formula is C9H21N3OSi. The minimum Gasteiger partial charge on any atom is -0.417 e. The molecular weight excluding hydrogens is 194 g/mol. The Bertz CT molecular complexity index is 217. The highest BCUT2D eigenvalue weighted by Crippen LogP contribution is 2.36. The van der Waals surface area contributed by atoms with E-state index in [0.717, 1.165) is 6.42 Å². The molecule has 0 saturated heterocycles. The number of hydrogen-bond acceptors (Lipinski definition) is 2. The largest absolute Gasteiger partial charge is 0.417 e. The molecule has 5 heteroatoms. The molecule has 82 valence electrons. The maximum atomic E-state index is 8.08. The van der Waals surface area contributed by atoms with Crippen LogP contribution in [-0.2, 0) is 4.43 Å². The first-order valence-electron chi connectivity index (χ1n) is 4.96. The fraction of sp³-hybridized carbons (Fsp3) is 1.00. The summed E-state index contributed by atoms with van der Waals surface area (Å²) in [6, 6.07) is 0. The molecule has 0 aromatic carbocycles. The van der Waals surface area contributed by atoms with Crippen LogP contribution in [0.4, 0.5) is 0 Å². The SMILES string of the molecule is CC(C)(C)[Si](C)(C)OCCCN=[N+]=[N-]. The standard InChI is InChI=1S/C9H21N3OSi/c1-9(2,3)14(4,5)13-8-6-7-11-12-10/h6-8H2,1-5H3. The van der Waals surface area contributed by atoms with E-state index in [2.05, 4.69) is 43.9 Å². The minimum absolute atomic E-state index is 0.255. The van der Waals surface area contributed by atoms with Crippen LogP contribution in [0.25, 0.3) is 10.4 Å². The lowest BCUT2D eigenvalue weighted by molar-refractivity contribution is 0.284. The number of rotatable bonds is 5. The molecule has 0 rings (SSSR count). The highest BCUT2D eigenvalue weighted by molar-refractivity contribution is 6.74. The molecule has 0 aliphatic carbocycles. The van der Waals surface area contributed by atoms with Crippen LogP contribution in [0.1, 0.15) is 27.2 Å². The van der Waals surface area contributed by atoms with E-state index in [1.807, 2.05) is 0 Å². The average Bonchev–Trinajstić information content (AvgIpc) is 2.02. The quantitative estimate of drug-likeness (QED) is 0.227. The Balaban J connectivity index is 3.83. The molecule has 0 atom stereocenters. The Kier molecular flexibility index (Phi) is 5.19. The van der Waals surface area contributed by atoms with Gasteiger partial charge >= 0.3 is 0 Å². The van der Waals surface area contributed by atoms with Gasteiger partial charge < -0.3 is 4.43 Å². The summed E-state index contributed by atoms with van der Waals surface area (Å²) in [6.07, 6.45) is 0.816. The van der Waals surface area contributed by atoms with E-state index in [0.29, 0.717) is 13.2 Å². The van der Waals surface area contributed by atoms with Crippen molar-refractivity contribution in [1.29, 1.82) is 0 Å². The summed E-state index contributed by atoms with van der Waals surface area (Å²) in [5.74, 6) is 0. The summed E-state index contributed by atoms with van der Waals surface area (Å²) < 4.78 is 5.90. The Labute approximate surface area is 87.4 Å². The zero-order chi connectivity index (χ0) is 11.2. The molecule has 0 bridgehead atoms. The van der Waals surface area contributed by atoms with Gasteiger partial charge in [-0.15, -0.1) is 0 Å². The van der Waals surface area contributed by atoms with E-state index in [-0.39, 0.29) is 5.04 Å². The van der Waals surface area contributed by atoms with Gasteiger partial charge in [-0.1, -0.05) is 25.9 Å². The lowest BCUT2D eigenvalue weighted by Crippen LogP contribution is -2.41. The first-order chi connectivity index (χ1) is 6.31. The Morgan fingerprint density at radius 3 is 2.36 bits per heavy atom. The van der Waals surface area contributed by atoms with E-state index in [1.165, 1.54) is 0 Å². The van der Waals surface area contributed by atoms with Gasteiger partial charge in [0.25, 0.3) is 0 Å². The summed E-state index contributed by atoms with van der Waals surface area (Å²) in [5.41, 5.74) is 8.08. The molecule has 0 spiro atoms. The number of nitrogens with zero attached hydrogens (tertiary/aromatic N) is 3. The third-order valence-electron chi connectivity index (χ3n) is 2.73. The van der Waals surface area contributed by atoms with Crippen molar-refractivity contribution in [2.24, 2.45) is 5.11 Å². The molecule has 4 nitrogen and oxygen atoms in total. The van der Waals surface area contributed by atoms with E-state index in [1.54, 1.807) is 0 Å². The van der Waals surface area contributed by atoms with Crippen LogP contribution in [0.5, 0.6) is 0 Å². The average molecular weight is 215 g/mol. The van der Waals surface area contributed by atoms with Crippen molar-refractivity contribution in [1.82, 2.24) is 0 Å². The van der Waals surface area contributed by atoms with E-state index in [4.69, 9.17) is 9.96 Å². The second kappa shape index (κ2) is 5.39. The molecule has 0 aromatic heterocycles. The minimum atomic E-state index is -1.60. The summed E-state index contributed by atoms with van der Waals surface area (Å²) in [5, 5.41) is 3.72. The van der Waals surface area contributed by atoms with Crippen molar-refractivity contribution in [2.45, 2.75) is 45.3 Å². The highest BCUT2D eigenvalue weighted by Gasteiger charge is 2.36. The zero-order valence-electron chi connectivity index (χ0n) is 9.87. The van der Waals surface area contributed by atoms with Crippen molar-refractivity contribution in [3.05, 3.63) is 10.4 Å². The van der Waals surface area contributed by atoms with Crippen LogP contribution in [0.2, 0.25) is 18.1 Å². The van der Waals surface area contributed by atoms with Crippen molar-refractivity contribution in [3.63, 3.8) is 0 Å². The topological polar surface area (TPSA) is 58.0 Å². The van der Waals surface area contributed by atoms with Gasteiger partial charge in [-0.3, -0.25) is 0 Å². The lowest BCUT2D eigenvalue weighted by atomic mass is 10.2.